The second-order valence-corrected chi connectivity index (χ2v) is 5.52. The summed E-state index contributed by atoms with van der Waals surface area (Å²) in [5, 5.41) is 14.1. The Balaban J connectivity index is 2.09. The zero-order chi connectivity index (χ0) is 14.4. The molecule has 0 aliphatic rings. The normalized spacial score (nSPS) is 10.2. The van der Waals surface area contributed by atoms with Crippen LogP contribution < -0.4 is 5.32 Å². The van der Waals surface area contributed by atoms with Gasteiger partial charge in [-0.25, -0.2) is 0 Å². The second kappa shape index (κ2) is 6.96. The maximum Gasteiger partial charge on any atom is 0.269 e. The summed E-state index contributed by atoms with van der Waals surface area (Å²) in [6.45, 7) is 2.69. The molecule has 104 valence electrons. The standard InChI is InChI=1S/C15H16N2O2S/c1-2-20-15-9-4-3-8-14(15)16-11-12-6-5-7-13(10-12)17(18)19/h3-10,16H,2,11H2,1H3. The molecular weight excluding hydrogens is 272 g/mol. The molecule has 0 saturated carbocycles. The number of thioether (sulfide) groups is 1. The smallest absolute Gasteiger partial charge is 0.269 e. The Kier molecular flexibility index (Phi) is 5.01. The number of nitro groups is 1. The molecule has 0 radical (unpaired) electrons. The number of hydrogen-bond acceptors (Lipinski definition) is 4. The molecule has 0 heterocycles. The third kappa shape index (κ3) is 3.74. The molecule has 4 nitrogen and oxygen atoms in total. The Bertz CT molecular complexity index is 602. The minimum Gasteiger partial charge on any atom is -0.380 e. The van der Waals surface area contributed by atoms with Crippen molar-refractivity contribution in [1.29, 1.82) is 0 Å². The molecule has 0 saturated heterocycles. The van der Waals surface area contributed by atoms with Gasteiger partial charge in [0.05, 0.1) is 4.92 Å². The number of benzene rings is 2. The number of para-hydroxylation sites is 1. The maximum atomic E-state index is 10.7. The average Bonchev–Trinajstić information content (AvgIpc) is 2.47. The molecule has 2 rings (SSSR count). The molecule has 5 heteroatoms. The van der Waals surface area contributed by atoms with Crippen LogP contribution in [0.5, 0.6) is 0 Å². The van der Waals surface area contributed by atoms with Crippen LogP contribution in [0.2, 0.25) is 0 Å². The zero-order valence-corrected chi connectivity index (χ0v) is 12.0. The van der Waals surface area contributed by atoms with Crippen LogP contribution >= 0.6 is 11.8 Å². The van der Waals surface area contributed by atoms with E-state index < -0.39 is 0 Å². The molecule has 20 heavy (non-hydrogen) atoms. The lowest BCUT2D eigenvalue weighted by atomic mass is 10.2. The number of anilines is 1. The summed E-state index contributed by atoms with van der Waals surface area (Å²) in [5.74, 6) is 1.01. The Hall–Kier alpha value is -2.01. The van der Waals surface area contributed by atoms with Gasteiger partial charge in [0.1, 0.15) is 0 Å². The van der Waals surface area contributed by atoms with E-state index in [4.69, 9.17) is 0 Å². The summed E-state index contributed by atoms with van der Waals surface area (Å²) in [4.78, 5) is 11.6. The number of non-ortho nitro benzene ring substituents is 1. The average molecular weight is 288 g/mol. The predicted octanol–water partition coefficient (Wildman–Crippen LogP) is 4.32. The van der Waals surface area contributed by atoms with Crippen LogP contribution in [0.25, 0.3) is 0 Å². The van der Waals surface area contributed by atoms with Crippen LogP contribution in [0.4, 0.5) is 11.4 Å². The van der Waals surface area contributed by atoms with E-state index in [-0.39, 0.29) is 10.6 Å². The SMILES string of the molecule is CCSc1ccccc1NCc1cccc([N+](=O)[O-])c1. The summed E-state index contributed by atoms with van der Waals surface area (Å²) in [6.07, 6.45) is 0. The van der Waals surface area contributed by atoms with E-state index in [9.17, 15) is 10.1 Å². The third-order valence-corrected chi connectivity index (χ3v) is 3.75. The lowest BCUT2D eigenvalue weighted by molar-refractivity contribution is -0.384. The molecule has 0 aliphatic carbocycles. The number of hydrogen-bond donors (Lipinski definition) is 1. The monoisotopic (exact) mass is 288 g/mol. The summed E-state index contributed by atoms with van der Waals surface area (Å²) in [6, 6.07) is 14.8. The van der Waals surface area contributed by atoms with Gasteiger partial charge in [-0.05, 0) is 23.4 Å². The van der Waals surface area contributed by atoms with Gasteiger partial charge in [0.25, 0.3) is 5.69 Å². The van der Waals surface area contributed by atoms with Crippen molar-refractivity contribution in [2.75, 3.05) is 11.1 Å². The molecule has 2 aromatic carbocycles. The van der Waals surface area contributed by atoms with Crippen molar-refractivity contribution in [2.24, 2.45) is 0 Å². The molecular formula is C15H16N2O2S. The van der Waals surface area contributed by atoms with Crippen LogP contribution in [0.1, 0.15) is 12.5 Å². The van der Waals surface area contributed by atoms with Gasteiger partial charge >= 0.3 is 0 Å². The van der Waals surface area contributed by atoms with E-state index >= 15 is 0 Å². The highest BCUT2D eigenvalue weighted by molar-refractivity contribution is 7.99. The van der Waals surface area contributed by atoms with Gasteiger partial charge in [0, 0.05) is 29.3 Å². The highest BCUT2D eigenvalue weighted by atomic mass is 32.2. The summed E-state index contributed by atoms with van der Waals surface area (Å²) in [5.41, 5.74) is 2.09. The van der Waals surface area contributed by atoms with E-state index in [0.29, 0.717) is 6.54 Å². The largest absolute Gasteiger partial charge is 0.380 e. The molecule has 0 aliphatic heterocycles. The molecule has 0 bridgehead atoms. The zero-order valence-electron chi connectivity index (χ0n) is 11.2. The minimum absolute atomic E-state index is 0.125. The Morgan fingerprint density at radius 1 is 1.20 bits per heavy atom. The molecule has 0 amide bonds. The highest BCUT2D eigenvalue weighted by Gasteiger charge is 2.06. The molecule has 2 aromatic rings. The van der Waals surface area contributed by atoms with Gasteiger partial charge in [0.2, 0.25) is 0 Å². The topological polar surface area (TPSA) is 55.2 Å². The summed E-state index contributed by atoms with van der Waals surface area (Å²) < 4.78 is 0. The fourth-order valence-electron chi connectivity index (χ4n) is 1.87. The Labute approximate surface area is 122 Å². The van der Waals surface area contributed by atoms with Crippen LogP contribution in [-0.2, 0) is 6.54 Å². The lowest BCUT2D eigenvalue weighted by Crippen LogP contribution is -2.01. The first-order valence-electron chi connectivity index (χ1n) is 6.39. The van der Waals surface area contributed by atoms with Crippen LogP contribution in [0.3, 0.4) is 0 Å². The van der Waals surface area contributed by atoms with Crippen molar-refractivity contribution < 1.29 is 4.92 Å². The van der Waals surface area contributed by atoms with Crippen molar-refractivity contribution >= 4 is 23.1 Å². The molecule has 0 spiro atoms. The van der Waals surface area contributed by atoms with E-state index in [1.54, 1.807) is 23.9 Å². The van der Waals surface area contributed by atoms with Gasteiger partial charge in [-0.1, -0.05) is 31.2 Å². The number of nitrogens with one attached hydrogen (secondary N) is 1. The minimum atomic E-state index is -0.371. The van der Waals surface area contributed by atoms with Crippen molar-refractivity contribution in [1.82, 2.24) is 0 Å². The van der Waals surface area contributed by atoms with Crippen molar-refractivity contribution in [3.63, 3.8) is 0 Å². The van der Waals surface area contributed by atoms with E-state index in [0.717, 1.165) is 17.0 Å². The molecule has 0 aromatic heterocycles. The van der Waals surface area contributed by atoms with E-state index in [1.807, 2.05) is 24.3 Å². The number of rotatable bonds is 6. The van der Waals surface area contributed by atoms with Crippen LogP contribution in [-0.4, -0.2) is 10.7 Å². The molecule has 0 fully saturated rings. The van der Waals surface area contributed by atoms with Gasteiger partial charge in [-0.2, -0.15) is 0 Å². The van der Waals surface area contributed by atoms with Gasteiger partial charge in [-0.15, -0.1) is 11.8 Å². The van der Waals surface area contributed by atoms with E-state index in [2.05, 4.69) is 18.3 Å². The third-order valence-electron chi connectivity index (χ3n) is 2.79. The first-order valence-corrected chi connectivity index (χ1v) is 7.38. The van der Waals surface area contributed by atoms with Crippen LogP contribution in [0.15, 0.2) is 53.4 Å². The fourth-order valence-corrected chi connectivity index (χ4v) is 2.65. The molecule has 1 N–H and O–H groups in total. The summed E-state index contributed by atoms with van der Waals surface area (Å²) >= 11 is 1.77. The van der Waals surface area contributed by atoms with Crippen LogP contribution in [0, 0.1) is 10.1 Å². The lowest BCUT2D eigenvalue weighted by Gasteiger charge is -2.11. The number of nitrogens with zero attached hydrogens (tertiary/aromatic N) is 1. The van der Waals surface area contributed by atoms with Gasteiger partial charge in [-0.3, -0.25) is 10.1 Å². The number of nitro benzene ring substituents is 1. The van der Waals surface area contributed by atoms with Crippen molar-refractivity contribution in [2.45, 2.75) is 18.4 Å². The highest BCUT2D eigenvalue weighted by Crippen LogP contribution is 2.27. The van der Waals surface area contributed by atoms with Crippen molar-refractivity contribution in [3.8, 4) is 0 Å². The predicted molar refractivity (Wildman–Crippen MR) is 83.3 cm³/mol. The Morgan fingerprint density at radius 2 is 2.00 bits per heavy atom. The molecule has 0 unspecified atom stereocenters. The van der Waals surface area contributed by atoms with Gasteiger partial charge in [0.15, 0.2) is 0 Å². The maximum absolute atomic E-state index is 10.7. The summed E-state index contributed by atoms with van der Waals surface area (Å²) in [7, 11) is 0. The first-order chi connectivity index (χ1) is 9.70. The quantitative estimate of drug-likeness (QED) is 0.488. The van der Waals surface area contributed by atoms with Crippen molar-refractivity contribution in [3.05, 3.63) is 64.2 Å². The fraction of sp³-hybridized carbons (Fsp3) is 0.200. The Morgan fingerprint density at radius 3 is 2.75 bits per heavy atom. The van der Waals surface area contributed by atoms with Gasteiger partial charge < -0.3 is 5.32 Å². The second-order valence-electron chi connectivity index (χ2n) is 4.21. The first kappa shape index (κ1) is 14.4. The molecule has 0 atom stereocenters. The van der Waals surface area contributed by atoms with E-state index in [1.165, 1.54) is 11.0 Å².